The maximum absolute atomic E-state index is 11.7. The molecule has 0 aromatic heterocycles. The van der Waals surface area contributed by atoms with Gasteiger partial charge >= 0.3 is 5.97 Å². The molecule has 0 aliphatic carbocycles. The van der Waals surface area contributed by atoms with Gasteiger partial charge in [-0.1, -0.05) is 93.3 Å². The fourth-order valence-electron chi connectivity index (χ4n) is 4.25. The van der Waals surface area contributed by atoms with Crippen LogP contribution in [0.25, 0.3) is 11.1 Å². The lowest BCUT2D eigenvalue weighted by Crippen LogP contribution is -2.32. The van der Waals surface area contributed by atoms with Gasteiger partial charge in [0.25, 0.3) is 0 Å². The molecule has 3 aromatic rings. The van der Waals surface area contributed by atoms with Gasteiger partial charge in [-0.25, -0.2) is 4.79 Å². The molecule has 0 saturated heterocycles. The van der Waals surface area contributed by atoms with Crippen molar-refractivity contribution < 1.29 is 19.7 Å². The quantitative estimate of drug-likeness (QED) is 0.208. The highest BCUT2D eigenvalue weighted by atomic mass is 16.5. The van der Waals surface area contributed by atoms with Crippen molar-refractivity contribution >= 4 is 5.97 Å². The molecule has 0 saturated carbocycles. The highest BCUT2D eigenvalue weighted by Gasteiger charge is 2.14. The van der Waals surface area contributed by atoms with Gasteiger partial charge in [-0.3, -0.25) is 0 Å². The van der Waals surface area contributed by atoms with Gasteiger partial charge in [0.05, 0.1) is 12.7 Å². The van der Waals surface area contributed by atoms with Crippen molar-refractivity contribution in [1.82, 2.24) is 5.32 Å². The fraction of sp³-hybridized carbons (Fsp3) is 0.387. The van der Waals surface area contributed by atoms with E-state index in [-0.39, 0.29) is 11.6 Å². The van der Waals surface area contributed by atoms with Crippen LogP contribution in [0.15, 0.2) is 72.8 Å². The van der Waals surface area contributed by atoms with Crippen molar-refractivity contribution in [3.8, 4) is 16.9 Å². The highest BCUT2D eigenvalue weighted by molar-refractivity contribution is 5.92. The molecule has 3 N–H and O–H groups in total. The summed E-state index contributed by atoms with van der Waals surface area (Å²) in [7, 11) is 0. The predicted molar refractivity (Wildman–Crippen MR) is 146 cm³/mol. The number of carboxylic acid groups (broad SMARTS) is 1. The minimum absolute atomic E-state index is 0.196. The molecule has 3 aromatic carbocycles. The Labute approximate surface area is 215 Å². The molecule has 0 aliphatic rings. The average Bonchev–Trinajstić information content (AvgIpc) is 2.90. The average molecular weight is 490 g/mol. The molecule has 0 bridgehead atoms. The number of aromatic carboxylic acids is 1. The Morgan fingerprint density at radius 3 is 2.31 bits per heavy atom. The van der Waals surface area contributed by atoms with Gasteiger partial charge in [0.15, 0.2) is 0 Å². The summed E-state index contributed by atoms with van der Waals surface area (Å²) < 4.78 is 5.89. The van der Waals surface area contributed by atoms with E-state index in [1.165, 1.54) is 24.8 Å². The Morgan fingerprint density at radius 2 is 1.61 bits per heavy atom. The molecule has 36 heavy (non-hydrogen) atoms. The van der Waals surface area contributed by atoms with E-state index < -0.39 is 12.1 Å². The van der Waals surface area contributed by atoms with E-state index in [2.05, 4.69) is 43.4 Å². The number of ether oxygens (including phenoxy) is 1. The topological polar surface area (TPSA) is 78.8 Å². The number of unbranched alkanes of at least 4 members (excludes halogenated alkanes) is 4. The number of aliphatic hydroxyl groups excluding tert-OH is 1. The second kappa shape index (κ2) is 14.4. The molecule has 0 fully saturated rings. The Balaban J connectivity index is 1.57. The number of rotatable bonds is 15. The van der Waals surface area contributed by atoms with Crippen LogP contribution in [0.5, 0.6) is 5.75 Å². The number of aliphatic hydroxyl groups is 1. The Bertz CT molecular complexity index is 1070. The zero-order valence-electron chi connectivity index (χ0n) is 21.5. The third kappa shape index (κ3) is 8.51. The van der Waals surface area contributed by atoms with Crippen LogP contribution in [-0.4, -0.2) is 35.4 Å². The summed E-state index contributed by atoms with van der Waals surface area (Å²) in [5.41, 5.74) is 4.25. The van der Waals surface area contributed by atoms with Crippen molar-refractivity contribution in [3.05, 3.63) is 89.5 Å². The first-order chi connectivity index (χ1) is 17.5. The normalized spacial score (nSPS) is 12.8. The number of carboxylic acids is 1. The molecule has 5 heteroatoms. The van der Waals surface area contributed by atoms with Crippen molar-refractivity contribution in [1.29, 1.82) is 0 Å². The Kier molecular flexibility index (Phi) is 11.0. The molecule has 192 valence electrons. The summed E-state index contributed by atoms with van der Waals surface area (Å²) in [6.45, 7) is 5.32. The van der Waals surface area contributed by atoms with Crippen LogP contribution in [0.3, 0.4) is 0 Å². The number of hydrogen-bond acceptors (Lipinski definition) is 4. The van der Waals surface area contributed by atoms with Crippen LogP contribution in [0.1, 0.15) is 73.5 Å². The maximum Gasteiger partial charge on any atom is 0.339 e. The third-order valence-electron chi connectivity index (χ3n) is 6.39. The van der Waals surface area contributed by atoms with E-state index in [1.54, 1.807) is 6.07 Å². The number of benzene rings is 3. The summed E-state index contributed by atoms with van der Waals surface area (Å²) >= 11 is 0. The monoisotopic (exact) mass is 489 g/mol. The third-order valence-corrected chi connectivity index (χ3v) is 6.39. The van der Waals surface area contributed by atoms with Gasteiger partial charge in [0.2, 0.25) is 0 Å². The van der Waals surface area contributed by atoms with E-state index in [0.29, 0.717) is 18.9 Å². The van der Waals surface area contributed by atoms with E-state index in [4.69, 9.17) is 4.74 Å². The molecule has 0 aliphatic heterocycles. The lowest BCUT2D eigenvalue weighted by Gasteiger charge is -2.18. The lowest BCUT2D eigenvalue weighted by molar-refractivity contribution is 0.0692. The molecule has 2 atom stereocenters. The first-order valence-corrected chi connectivity index (χ1v) is 13.0. The van der Waals surface area contributed by atoms with E-state index in [9.17, 15) is 15.0 Å². The molecular weight excluding hydrogens is 450 g/mol. The molecule has 3 rings (SSSR count). The molecule has 0 amide bonds. The summed E-state index contributed by atoms with van der Waals surface area (Å²) in [5, 5.41) is 23.3. The summed E-state index contributed by atoms with van der Waals surface area (Å²) in [6, 6.07) is 23.5. The van der Waals surface area contributed by atoms with Crippen molar-refractivity contribution in [2.24, 2.45) is 0 Å². The molecule has 0 unspecified atom stereocenters. The zero-order valence-corrected chi connectivity index (χ0v) is 21.5. The van der Waals surface area contributed by atoms with Crippen molar-refractivity contribution in [3.63, 3.8) is 0 Å². The summed E-state index contributed by atoms with van der Waals surface area (Å²) in [4.78, 5) is 11.7. The van der Waals surface area contributed by atoms with E-state index >= 15 is 0 Å². The summed E-state index contributed by atoms with van der Waals surface area (Å²) in [5.74, 6) is -0.550. The lowest BCUT2D eigenvalue weighted by atomic mass is 9.99. The van der Waals surface area contributed by atoms with Crippen LogP contribution < -0.4 is 10.1 Å². The number of hydrogen-bond donors (Lipinski definition) is 3. The number of nitrogens with one attached hydrogen (secondary N) is 1. The van der Waals surface area contributed by atoms with Crippen LogP contribution in [0.4, 0.5) is 0 Å². The SMILES string of the molecule is CCCCCCCOc1cc(-c2ccc(C[C@@H](C)NC[C@H](O)c3ccccc3)cc2)ccc1C(=O)O. The van der Waals surface area contributed by atoms with E-state index in [0.717, 1.165) is 36.0 Å². The van der Waals surface area contributed by atoms with Gasteiger partial charge in [0, 0.05) is 12.6 Å². The second-order valence-electron chi connectivity index (χ2n) is 9.42. The van der Waals surface area contributed by atoms with Crippen molar-refractivity contribution in [2.75, 3.05) is 13.2 Å². The molecule has 0 heterocycles. The van der Waals surface area contributed by atoms with Gasteiger partial charge in [-0.15, -0.1) is 0 Å². The maximum atomic E-state index is 11.7. The first-order valence-electron chi connectivity index (χ1n) is 13.0. The van der Waals surface area contributed by atoms with Gasteiger partial charge in [-0.05, 0) is 54.2 Å². The van der Waals surface area contributed by atoms with Gasteiger partial charge in [-0.2, -0.15) is 0 Å². The van der Waals surface area contributed by atoms with E-state index in [1.807, 2.05) is 42.5 Å². The van der Waals surface area contributed by atoms with Crippen LogP contribution in [-0.2, 0) is 6.42 Å². The van der Waals surface area contributed by atoms with Crippen molar-refractivity contribution in [2.45, 2.75) is 64.5 Å². The van der Waals surface area contributed by atoms with Gasteiger partial charge in [0.1, 0.15) is 11.3 Å². The fourth-order valence-corrected chi connectivity index (χ4v) is 4.25. The Hall–Kier alpha value is -3.15. The zero-order chi connectivity index (χ0) is 25.8. The molecular formula is C31H39NO4. The van der Waals surface area contributed by atoms with Crippen LogP contribution >= 0.6 is 0 Å². The smallest absolute Gasteiger partial charge is 0.339 e. The number of carbonyl (C=O) groups is 1. The first kappa shape index (κ1) is 27.4. The molecule has 0 radical (unpaired) electrons. The van der Waals surface area contributed by atoms with Crippen LogP contribution in [0, 0.1) is 0 Å². The van der Waals surface area contributed by atoms with Gasteiger partial charge < -0.3 is 20.3 Å². The minimum Gasteiger partial charge on any atom is -0.493 e. The Morgan fingerprint density at radius 1 is 0.917 bits per heavy atom. The minimum atomic E-state index is -0.975. The highest BCUT2D eigenvalue weighted by Crippen LogP contribution is 2.28. The standard InChI is InChI=1S/C31H39NO4/c1-3-4-5-6-10-19-36-30-21-27(17-18-28(30)31(34)35)25-15-13-24(14-16-25)20-23(2)32-22-29(33)26-11-8-7-9-12-26/h7-9,11-18,21,23,29,32-33H,3-6,10,19-20,22H2,1-2H3,(H,34,35)/t23-,29+/m1/s1. The molecule has 0 spiro atoms. The van der Waals surface area contributed by atoms with Crippen LogP contribution in [0.2, 0.25) is 0 Å². The summed E-state index contributed by atoms with van der Waals surface area (Å²) in [6.07, 6.45) is 5.92. The molecule has 5 nitrogen and oxygen atoms in total. The largest absolute Gasteiger partial charge is 0.493 e. The predicted octanol–water partition coefficient (Wildman–Crippen LogP) is 6.66. The second-order valence-corrected chi connectivity index (χ2v) is 9.42.